The first-order valence-corrected chi connectivity index (χ1v) is 12.5. The first-order valence-electron chi connectivity index (χ1n) is 12.5. The van der Waals surface area contributed by atoms with Crippen LogP contribution in [-0.2, 0) is 14.4 Å². The van der Waals surface area contributed by atoms with Crippen molar-refractivity contribution in [1.29, 1.82) is 0 Å². The molecule has 184 valence electrons. The fourth-order valence-electron chi connectivity index (χ4n) is 3.46. The van der Waals surface area contributed by atoms with Gasteiger partial charge in [0.15, 0.2) is 0 Å². The summed E-state index contributed by atoms with van der Waals surface area (Å²) in [5, 5.41) is 12.2. The quantitative estimate of drug-likeness (QED) is 0.178. The number of rotatable bonds is 19. The molecule has 1 aliphatic heterocycles. The van der Waals surface area contributed by atoms with Gasteiger partial charge >= 0.3 is 5.97 Å². The average Bonchev–Trinajstić information content (AvgIpc) is 3.23. The van der Waals surface area contributed by atoms with Gasteiger partial charge in [0.05, 0.1) is 18.8 Å². The molecular formula is C25H45N3O4. The van der Waals surface area contributed by atoms with E-state index in [-0.39, 0.29) is 12.3 Å². The van der Waals surface area contributed by atoms with Gasteiger partial charge in [-0.05, 0) is 12.8 Å². The van der Waals surface area contributed by atoms with Crippen molar-refractivity contribution in [2.24, 2.45) is 16.8 Å². The molecule has 1 aliphatic rings. The summed E-state index contributed by atoms with van der Waals surface area (Å²) >= 11 is 0. The predicted molar refractivity (Wildman–Crippen MR) is 130 cm³/mol. The molecule has 1 heterocycles. The van der Waals surface area contributed by atoms with Crippen molar-refractivity contribution in [1.82, 2.24) is 5.43 Å². The molecule has 2 amide bonds. The SMILES string of the molecule is CCCCCCCCCCCCCCCCC=CC(CC(=O)O)C(N)=O.O=C1CC=NN1. The van der Waals surface area contributed by atoms with Crippen molar-refractivity contribution in [3.63, 3.8) is 0 Å². The highest BCUT2D eigenvalue weighted by molar-refractivity contribution is 5.93. The molecule has 0 aliphatic carbocycles. The number of amides is 2. The van der Waals surface area contributed by atoms with Crippen LogP contribution in [0.5, 0.6) is 0 Å². The number of unbranched alkanes of at least 4 members (excludes halogenated alkanes) is 14. The lowest BCUT2D eigenvalue weighted by Gasteiger charge is -2.04. The number of carboxylic acid groups (broad SMARTS) is 1. The van der Waals surface area contributed by atoms with Gasteiger partial charge in [0, 0.05) is 6.21 Å². The molecule has 7 heteroatoms. The first-order chi connectivity index (χ1) is 15.5. The Morgan fingerprint density at radius 2 is 1.50 bits per heavy atom. The van der Waals surface area contributed by atoms with Crippen LogP contribution in [0.2, 0.25) is 0 Å². The summed E-state index contributed by atoms with van der Waals surface area (Å²) in [7, 11) is 0. The van der Waals surface area contributed by atoms with E-state index in [2.05, 4.69) is 17.5 Å². The number of carboxylic acids is 1. The predicted octanol–water partition coefficient (Wildman–Crippen LogP) is 5.48. The van der Waals surface area contributed by atoms with Gasteiger partial charge < -0.3 is 10.8 Å². The summed E-state index contributed by atoms with van der Waals surface area (Å²) in [5.74, 6) is -2.26. The Morgan fingerprint density at radius 1 is 1.00 bits per heavy atom. The van der Waals surface area contributed by atoms with Crippen LogP contribution in [0.3, 0.4) is 0 Å². The third-order valence-electron chi connectivity index (χ3n) is 5.41. The highest BCUT2D eigenvalue weighted by Crippen LogP contribution is 2.14. The maximum Gasteiger partial charge on any atom is 0.304 e. The van der Waals surface area contributed by atoms with E-state index in [1.54, 1.807) is 12.3 Å². The van der Waals surface area contributed by atoms with E-state index in [1.807, 2.05) is 6.08 Å². The molecule has 32 heavy (non-hydrogen) atoms. The molecule has 7 nitrogen and oxygen atoms in total. The fourth-order valence-corrected chi connectivity index (χ4v) is 3.46. The van der Waals surface area contributed by atoms with E-state index in [0.717, 1.165) is 12.8 Å². The summed E-state index contributed by atoms with van der Waals surface area (Å²) in [6, 6.07) is 0. The molecule has 0 bridgehead atoms. The normalized spacial score (nSPS) is 13.6. The summed E-state index contributed by atoms with van der Waals surface area (Å²) < 4.78 is 0. The standard InChI is InChI=1S/C22H41NO3.C3H4N2O/c1-2-3-4-5-6-7-8-9-10-11-12-13-14-15-16-17-18-20(22(23)26)19-21(24)25;6-3-1-2-4-5-3/h17-18,20H,2-16,19H2,1H3,(H2,23,26)(H,24,25);2H,1H2,(H,5,6). The van der Waals surface area contributed by atoms with Gasteiger partial charge in [0.2, 0.25) is 11.8 Å². The second-order valence-corrected chi connectivity index (χ2v) is 8.47. The Kier molecular flexibility index (Phi) is 20.5. The molecule has 1 atom stereocenters. The topological polar surface area (TPSA) is 122 Å². The van der Waals surface area contributed by atoms with Crippen molar-refractivity contribution >= 4 is 24.0 Å². The third kappa shape index (κ3) is 21.1. The molecule has 0 aromatic heterocycles. The number of primary amides is 1. The number of hydrogen-bond donors (Lipinski definition) is 3. The molecule has 0 radical (unpaired) electrons. The summed E-state index contributed by atoms with van der Waals surface area (Å²) in [4.78, 5) is 31.8. The molecule has 4 N–H and O–H groups in total. The number of nitrogens with two attached hydrogens (primary N) is 1. The van der Waals surface area contributed by atoms with Gasteiger partial charge in [-0.2, -0.15) is 5.10 Å². The van der Waals surface area contributed by atoms with Crippen LogP contribution < -0.4 is 11.2 Å². The van der Waals surface area contributed by atoms with E-state index in [9.17, 15) is 14.4 Å². The maximum atomic E-state index is 11.1. The fraction of sp³-hybridized carbons (Fsp3) is 0.760. The van der Waals surface area contributed by atoms with Crippen LogP contribution in [0.25, 0.3) is 0 Å². The number of hydrogen-bond acceptors (Lipinski definition) is 4. The summed E-state index contributed by atoms with van der Waals surface area (Å²) in [5.41, 5.74) is 7.45. The Morgan fingerprint density at radius 3 is 1.84 bits per heavy atom. The summed E-state index contributed by atoms with van der Waals surface area (Å²) in [6.07, 6.45) is 24.9. The minimum absolute atomic E-state index is 0.0185. The van der Waals surface area contributed by atoms with E-state index in [4.69, 9.17) is 10.8 Å². The second kappa shape index (κ2) is 22.0. The molecule has 0 aromatic rings. The Labute approximate surface area is 194 Å². The lowest BCUT2D eigenvalue weighted by Crippen LogP contribution is -2.23. The van der Waals surface area contributed by atoms with Gasteiger partial charge in [0.1, 0.15) is 0 Å². The molecule has 0 spiro atoms. The molecule has 1 unspecified atom stereocenters. The minimum atomic E-state index is -0.991. The zero-order chi connectivity index (χ0) is 23.9. The Balaban J connectivity index is 0.00000136. The molecule has 0 saturated carbocycles. The Hall–Kier alpha value is -2.18. The largest absolute Gasteiger partial charge is 0.481 e. The Bertz CT molecular complexity index is 551. The van der Waals surface area contributed by atoms with E-state index in [0.29, 0.717) is 6.42 Å². The average molecular weight is 452 g/mol. The highest BCUT2D eigenvalue weighted by Gasteiger charge is 2.15. The maximum absolute atomic E-state index is 11.1. The lowest BCUT2D eigenvalue weighted by molar-refractivity contribution is -0.139. The molecular weight excluding hydrogens is 406 g/mol. The smallest absolute Gasteiger partial charge is 0.304 e. The zero-order valence-corrected chi connectivity index (χ0v) is 20.0. The minimum Gasteiger partial charge on any atom is -0.481 e. The van der Waals surface area contributed by atoms with Crippen LogP contribution in [-0.4, -0.2) is 29.1 Å². The number of allylic oxidation sites excluding steroid dienone is 1. The van der Waals surface area contributed by atoms with E-state index in [1.165, 1.54) is 83.5 Å². The number of carbonyl (C=O) groups excluding carboxylic acids is 2. The molecule has 1 rings (SSSR count). The van der Waals surface area contributed by atoms with Gasteiger partial charge in [-0.15, -0.1) is 0 Å². The number of aliphatic carboxylic acids is 1. The van der Waals surface area contributed by atoms with Crippen molar-refractivity contribution in [3.8, 4) is 0 Å². The number of carbonyl (C=O) groups is 3. The van der Waals surface area contributed by atoms with Gasteiger partial charge in [-0.1, -0.05) is 103 Å². The number of nitrogens with one attached hydrogen (secondary N) is 1. The van der Waals surface area contributed by atoms with Crippen molar-refractivity contribution in [3.05, 3.63) is 12.2 Å². The molecule has 0 fully saturated rings. The van der Waals surface area contributed by atoms with Crippen LogP contribution in [0, 0.1) is 5.92 Å². The molecule has 0 aromatic carbocycles. The lowest BCUT2D eigenvalue weighted by atomic mass is 10.0. The van der Waals surface area contributed by atoms with Crippen molar-refractivity contribution in [2.75, 3.05) is 0 Å². The van der Waals surface area contributed by atoms with E-state index < -0.39 is 17.8 Å². The summed E-state index contributed by atoms with van der Waals surface area (Å²) in [6.45, 7) is 2.26. The monoisotopic (exact) mass is 451 g/mol. The number of hydrazone groups is 1. The highest BCUT2D eigenvalue weighted by atomic mass is 16.4. The molecule has 0 saturated heterocycles. The number of nitrogens with zero attached hydrogens (tertiary/aromatic N) is 1. The first kappa shape index (κ1) is 29.8. The second-order valence-electron chi connectivity index (χ2n) is 8.47. The van der Waals surface area contributed by atoms with Crippen molar-refractivity contribution < 1.29 is 19.5 Å². The van der Waals surface area contributed by atoms with Crippen LogP contribution in [0.1, 0.15) is 116 Å². The van der Waals surface area contributed by atoms with Crippen LogP contribution in [0.15, 0.2) is 17.3 Å². The zero-order valence-electron chi connectivity index (χ0n) is 20.0. The van der Waals surface area contributed by atoms with Crippen LogP contribution >= 0.6 is 0 Å². The van der Waals surface area contributed by atoms with Gasteiger partial charge in [0.25, 0.3) is 0 Å². The van der Waals surface area contributed by atoms with Gasteiger partial charge in [-0.3, -0.25) is 14.4 Å². The van der Waals surface area contributed by atoms with Crippen molar-refractivity contribution in [2.45, 2.75) is 116 Å². The van der Waals surface area contributed by atoms with Gasteiger partial charge in [-0.25, -0.2) is 5.43 Å². The van der Waals surface area contributed by atoms with Crippen LogP contribution in [0.4, 0.5) is 0 Å². The van der Waals surface area contributed by atoms with E-state index >= 15 is 0 Å². The third-order valence-corrected chi connectivity index (χ3v) is 5.41.